The van der Waals surface area contributed by atoms with Crippen LogP contribution in [0.2, 0.25) is 0 Å². The van der Waals surface area contributed by atoms with Crippen molar-refractivity contribution in [2.24, 2.45) is 5.92 Å². The molecule has 1 fully saturated rings. The van der Waals surface area contributed by atoms with E-state index in [1.165, 1.54) is 32.1 Å². The number of ether oxygens (including phenoxy) is 1. The molecule has 0 spiro atoms. The van der Waals surface area contributed by atoms with Gasteiger partial charge in [0.15, 0.2) is 5.78 Å². The summed E-state index contributed by atoms with van der Waals surface area (Å²) in [4.78, 5) is 12.3. The van der Waals surface area contributed by atoms with Gasteiger partial charge in [-0.05, 0) is 24.1 Å². The van der Waals surface area contributed by atoms with Gasteiger partial charge in [-0.15, -0.1) is 0 Å². The Labute approximate surface area is 117 Å². The molecule has 0 aliphatic heterocycles. The summed E-state index contributed by atoms with van der Waals surface area (Å²) in [6, 6.07) is 5.61. The predicted octanol–water partition coefficient (Wildman–Crippen LogP) is 4.61. The zero-order valence-electron chi connectivity index (χ0n) is 10.7. The number of hydrogen-bond acceptors (Lipinski definition) is 2. The maximum Gasteiger partial charge on any atom is 0.166 e. The highest BCUT2D eigenvalue weighted by atomic mass is 79.9. The van der Waals surface area contributed by atoms with Crippen LogP contribution in [-0.2, 0) is 0 Å². The molecule has 0 saturated heterocycles. The minimum atomic E-state index is 0.208. The topological polar surface area (TPSA) is 26.3 Å². The smallest absolute Gasteiger partial charge is 0.166 e. The Bertz CT molecular complexity index is 423. The van der Waals surface area contributed by atoms with Gasteiger partial charge < -0.3 is 4.74 Å². The third kappa shape index (κ3) is 3.35. The number of rotatable bonds is 4. The lowest BCUT2D eigenvalue weighted by Gasteiger charge is -2.21. The summed E-state index contributed by atoms with van der Waals surface area (Å²) in [6.07, 6.45) is 6.92. The third-order valence-corrected chi connectivity index (χ3v) is 4.15. The van der Waals surface area contributed by atoms with E-state index in [1.54, 1.807) is 7.11 Å². The van der Waals surface area contributed by atoms with Crippen molar-refractivity contribution in [1.29, 1.82) is 0 Å². The molecule has 0 radical (unpaired) electrons. The Morgan fingerprint density at radius 2 is 2.06 bits per heavy atom. The van der Waals surface area contributed by atoms with E-state index in [2.05, 4.69) is 15.9 Å². The van der Waals surface area contributed by atoms with Crippen LogP contribution in [-0.4, -0.2) is 12.9 Å². The monoisotopic (exact) mass is 310 g/mol. The SMILES string of the molecule is COc1ccc(Br)cc1C(=O)CC1CCCCC1. The number of hydrogen-bond donors (Lipinski definition) is 0. The summed E-state index contributed by atoms with van der Waals surface area (Å²) in [7, 11) is 1.61. The highest BCUT2D eigenvalue weighted by Crippen LogP contribution is 2.30. The van der Waals surface area contributed by atoms with Gasteiger partial charge in [-0.2, -0.15) is 0 Å². The molecule has 1 aromatic rings. The van der Waals surface area contributed by atoms with E-state index in [4.69, 9.17) is 4.74 Å². The molecule has 0 N–H and O–H groups in total. The maximum absolute atomic E-state index is 12.3. The first-order chi connectivity index (χ1) is 8.70. The molecule has 0 unspecified atom stereocenters. The van der Waals surface area contributed by atoms with Crippen LogP contribution in [0.3, 0.4) is 0 Å². The van der Waals surface area contributed by atoms with E-state index >= 15 is 0 Å². The number of carbonyl (C=O) groups is 1. The average Bonchev–Trinajstić information content (AvgIpc) is 2.40. The first kappa shape index (κ1) is 13.6. The molecule has 0 amide bonds. The molecule has 1 aromatic carbocycles. The zero-order valence-corrected chi connectivity index (χ0v) is 12.3. The van der Waals surface area contributed by atoms with Crippen LogP contribution >= 0.6 is 15.9 Å². The fraction of sp³-hybridized carbons (Fsp3) is 0.533. The largest absolute Gasteiger partial charge is 0.496 e. The van der Waals surface area contributed by atoms with Crippen molar-refractivity contribution < 1.29 is 9.53 Å². The van der Waals surface area contributed by atoms with Gasteiger partial charge in [0, 0.05) is 10.9 Å². The molecule has 1 aliphatic carbocycles. The number of benzene rings is 1. The summed E-state index contributed by atoms with van der Waals surface area (Å²) in [6.45, 7) is 0. The lowest BCUT2D eigenvalue weighted by molar-refractivity contribution is 0.0947. The lowest BCUT2D eigenvalue weighted by Crippen LogP contribution is -2.13. The van der Waals surface area contributed by atoms with Crippen LogP contribution in [0.1, 0.15) is 48.9 Å². The Morgan fingerprint density at radius 1 is 1.33 bits per heavy atom. The van der Waals surface area contributed by atoms with Crippen molar-refractivity contribution in [3.05, 3.63) is 28.2 Å². The number of carbonyl (C=O) groups excluding carboxylic acids is 1. The number of halogens is 1. The quantitative estimate of drug-likeness (QED) is 0.759. The van der Waals surface area contributed by atoms with Crippen molar-refractivity contribution in [2.45, 2.75) is 38.5 Å². The number of Topliss-reactive ketones (excluding diaryl/α,β-unsaturated/α-hetero) is 1. The van der Waals surface area contributed by atoms with E-state index in [0.717, 1.165) is 4.47 Å². The second-order valence-electron chi connectivity index (χ2n) is 4.98. The van der Waals surface area contributed by atoms with Gasteiger partial charge in [0.25, 0.3) is 0 Å². The maximum atomic E-state index is 12.3. The molecular weight excluding hydrogens is 292 g/mol. The van der Waals surface area contributed by atoms with Crippen LogP contribution in [0, 0.1) is 5.92 Å². The summed E-state index contributed by atoms with van der Waals surface area (Å²) in [5, 5.41) is 0. The number of ketones is 1. The van der Waals surface area contributed by atoms with Crippen LogP contribution in [0.4, 0.5) is 0 Å². The van der Waals surface area contributed by atoms with E-state index in [1.807, 2.05) is 18.2 Å². The fourth-order valence-corrected chi connectivity index (χ4v) is 3.02. The molecule has 0 heterocycles. The predicted molar refractivity (Wildman–Crippen MR) is 76.2 cm³/mol. The molecule has 3 heteroatoms. The molecule has 0 atom stereocenters. The Morgan fingerprint density at radius 3 is 2.72 bits per heavy atom. The fourth-order valence-electron chi connectivity index (χ4n) is 2.66. The second-order valence-corrected chi connectivity index (χ2v) is 5.89. The average molecular weight is 311 g/mol. The van der Waals surface area contributed by atoms with Crippen molar-refractivity contribution >= 4 is 21.7 Å². The molecule has 0 bridgehead atoms. The first-order valence-electron chi connectivity index (χ1n) is 6.57. The Balaban J connectivity index is 2.09. The van der Waals surface area contributed by atoms with Gasteiger partial charge >= 0.3 is 0 Å². The van der Waals surface area contributed by atoms with Gasteiger partial charge in [-0.25, -0.2) is 0 Å². The van der Waals surface area contributed by atoms with Crippen molar-refractivity contribution in [2.75, 3.05) is 7.11 Å². The highest BCUT2D eigenvalue weighted by molar-refractivity contribution is 9.10. The van der Waals surface area contributed by atoms with Crippen LogP contribution in [0.15, 0.2) is 22.7 Å². The number of methoxy groups -OCH3 is 1. The van der Waals surface area contributed by atoms with Crippen LogP contribution < -0.4 is 4.74 Å². The summed E-state index contributed by atoms with van der Waals surface area (Å²) in [5.41, 5.74) is 0.706. The normalized spacial score (nSPS) is 16.6. The van der Waals surface area contributed by atoms with Gasteiger partial charge in [-0.3, -0.25) is 4.79 Å². The highest BCUT2D eigenvalue weighted by Gasteiger charge is 2.20. The lowest BCUT2D eigenvalue weighted by atomic mass is 9.84. The molecule has 1 saturated carbocycles. The summed E-state index contributed by atoms with van der Waals surface area (Å²) in [5.74, 6) is 1.45. The first-order valence-corrected chi connectivity index (χ1v) is 7.36. The van der Waals surface area contributed by atoms with Crippen molar-refractivity contribution in [3.63, 3.8) is 0 Å². The molecule has 1 aliphatic rings. The van der Waals surface area contributed by atoms with E-state index < -0.39 is 0 Å². The second kappa shape index (κ2) is 6.37. The molecule has 2 nitrogen and oxygen atoms in total. The van der Waals surface area contributed by atoms with Gasteiger partial charge in [0.1, 0.15) is 5.75 Å². The van der Waals surface area contributed by atoms with Crippen molar-refractivity contribution in [1.82, 2.24) is 0 Å². The standard InChI is InChI=1S/C15H19BrO2/c1-18-15-8-7-12(16)10-13(15)14(17)9-11-5-3-2-4-6-11/h7-8,10-11H,2-6,9H2,1H3. The zero-order chi connectivity index (χ0) is 13.0. The molecule has 98 valence electrons. The molecule has 0 aromatic heterocycles. The Kier molecular flexibility index (Phi) is 4.81. The van der Waals surface area contributed by atoms with Crippen LogP contribution in [0.5, 0.6) is 5.75 Å². The minimum absolute atomic E-state index is 0.208. The van der Waals surface area contributed by atoms with Gasteiger partial charge in [0.05, 0.1) is 12.7 Å². The van der Waals surface area contributed by atoms with Crippen molar-refractivity contribution in [3.8, 4) is 5.75 Å². The van der Waals surface area contributed by atoms with E-state index in [0.29, 0.717) is 23.7 Å². The summed E-state index contributed by atoms with van der Waals surface area (Å²) >= 11 is 3.41. The van der Waals surface area contributed by atoms with E-state index in [-0.39, 0.29) is 5.78 Å². The van der Waals surface area contributed by atoms with Gasteiger partial charge in [0.2, 0.25) is 0 Å². The molecular formula is C15H19BrO2. The molecule has 2 rings (SSSR count). The minimum Gasteiger partial charge on any atom is -0.496 e. The molecule has 18 heavy (non-hydrogen) atoms. The van der Waals surface area contributed by atoms with Crippen LogP contribution in [0.25, 0.3) is 0 Å². The van der Waals surface area contributed by atoms with E-state index in [9.17, 15) is 4.79 Å². The third-order valence-electron chi connectivity index (χ3n) is 3.66. The Hall–Kier alpha value is -0.830. The van der Waals surface area contributed by atoms with Gasteiger partial charge in [-0.1, -0.05) is 48.0 Å². The summed E-state index contributed by atoms with van der Waals surface area (Å²) < 4.78 is 6.20.